The van der Waals surface area contributed by atoms with Crippen LogP contribution < -0.4 is 5.32 Å². The average Bonchev–Trinajstić information content (AvgIpc) is 2.13. The van der Waals surface area contributed by atoms with Crippen LogP contribution in [0.2, 0.25) is 5.28 Å². The summed E-state index contributed by atoms with van der Waals surface area (Å²) in [6, 6.07) is -0.649. The van der Waals surface area contributed by atoms with Crippen molar-refractivity contribution in [1.82, 2.24) is 9.97 Å². The van der Waals surface area contributed by atoms with Gasteiger partial charge in [-0.05, 0) is 32.4 Å². The lowest BCUT2D eigenvalue weighted by Gasteiger charge is -2.28. The first-order valence-corrected chi connectivity index (χ1v) is 5.48. The van der Waals surface area contributed by atoms with Crippen LogP contribution in [-0.4, -0.2) is 26.7 Å². The maximum absolute atomic E-state index is 12.7. The SMILES string of the molecule is CC(Nc1nc(Cl)ncc1C(F)(F)F)C(C)(C)O. The molecular weight excluding hydrogens is 271 g/mol. The van der Waals surface area contributed by atoms with Crippen molar-refractivity contribution in [2.24, 2.45) is 0 Å². The Morgan fingerprint density at radius 1 is 1.39 bits per heavy atom. The van der Waals surface area contributed by atoms with E-state index in [2.05, 4.69) is 15.3 Å². The van der Waals surface area contributed by atoms with Gasteiger partial charge >= 0.3 is 6.18 Å². The average molecular weight is 284 g/mol. The fourth-order valence-electron chi connectivity index (χ4n) is 1.06. The molecule has 4 nitrogen and oxygen atoms in total. The topological polar surface area (TPSA) is 58.0 Å². The summed E-state index contributed by atoms with van der Waals surface area (Å²) in [6.07, 6.45) is -3.99. The Balaban J connectivity index is 3.11. The van der Waals surface area contributed by atoms with Crippen molar-refractivity contribution in [3.63, 3.8) is 0 Å². The van der Waals surface area contributed by atoms with Crippen molar-refractivity contribution < 1.29 is 18.3 Å². The molecule has 0 aliphatic heterocycles. The van der Waals surface area contributed by atoms with E-state index in [-0.39, 0.29) is 5.28 Å². The molecule has 8 heteroatoms. The number of alkyl halides is 3. The second-order valence-corrected chi connectivity index (χ2v) is 4.76. The van der Waals surface area contributed by atoms with E-state index in [4.69, 9.17) is 11.6 Å². The highest BCUT2D eigenvalue weighted by Gasteiger charge is 2.36. The van der Waals surface area contributed by atoms with Crippen molar-refractivity contribution in [3.05, 3.63) is 17.0 Å². The fraction of sp³-hybridized carbons (Fsp3) is 0.600. The van der Waals surface area contributed by atoms with E-state index in [0.29, 0.717) is 6.20 Å². The van der Waals surface area contributed by atoms with E-state index in [1.54, 1.807) is 0 Å². The summed E-state index contributed by atoms with van der Waals surface area (Å²) in [7, 11) is 0. The third-order valence-corrected chi connectivity index (χ3v) is 2.66. The lowest BCUT2D eigenvalue weighted by atomic mass is 10.0. The lowest BCUT2D eigenvalue weighted by Crippen LogP contribution is -2.40. The molecular formula is C10H13ClF3N3O. The van der Waals surface area contributed by atoms with Crippen molar-refractivity contribution >= 4 is 17.4 Å². The molecule has 1 heterocycles. The van der Waals surface area contributed by atoms with E-state index in [1.807, 2.05) is 0 Å². The quantitative estimate of drug-likeness (QED) is 0.838. The zero-order chi connectivity index (χ0) is 14.1. The van der Waals surface area contributed by atoms with Gasteiger partial charge < -0.3 is 10.4 Å². The molecule has 1 rings (SSSR count). The summed E-state index contributed by atoms with van der Waals surface area (Å²) < 4.78 is 38.1. The summed E-state index contributed by atoms with van der Waals surface area (Å²) in [5.41, 5.74) is -2.23. The van der Waals surface area contributed by atoms with E-state index in [1.165, 1.54) is 20.8 Å². The van der Waals surface area contributed by atoms with Gasteiger partial charge in [-0.15, -0.1) is 0 Å². The van der Waals surface area contributed by atoms with Crippen LogP contribution >= 0.6 is 11.6 Å². The summed E-state index contributed by atoms with van der Waals surface area (Å²) in [5, 5.41) is 11.9. The Morgan fingerprint density at radius 2 is 1.94 bits per heavy atom. The van der Waals surface area contributed by atoms with Crippen LogP contribution in [0, 0.1) is 0 Å². The molecule has 1 atom stereocenters. The minimum atomic E-state index is -4.59. The van der Waals surface area contributed by atoms with Gasteiger partial charge in [0.2, 0.25) is 5.28 Å². The third-order valence-electron chi connectivity index (χ3n) is 2.48. The predicted octanol–water partition coefficient (Wildman–Crippen LogP) is 2.72. The summed E-state index contributed by atoms with van der Waals surface area (Å²) in [4.78, 5) is 6.81. The van der Waals surface area contributed by atoms with E-state index in [9.17, 15) is 18.3 Å². The van der Waals surface area contributed by atoms with Gasteiger partial charge in [-0.3, -0.25) is 0 Å². The number of rotatable bonds is 3. The number of nitrogens with one attached hydrogen (secondary N) is 1. The Bertz CT molecular complexity index is 431. The Labute approximate surface area is 107 Å². The first-order chi connectivity index (χ1) is 8.01. The highest BCUT2D eigenvalue weighted by atomic mass is 35.5. The van der Waals surface area contributed by atoms with Crippen LogP contribution in [0.1, 0.15) is 26.3 Å². The van der Waals surface area contributed by atoms with Crippen LogP contribution in [0.3, 0.4) is 0 Å². The molecule has 0 fully saturated rings. The largest absolute Gasteiger partial charge is 0.421 e. The molecule has 18 heavy (non-hydrogen) atoms. The fourth-order valence-corrected chi connectivity index (χ4v) is 1.19. The highest BCUT2D eigenvalue weighted by Crippen LogP contribution is 2.34. The molecule has 1 aromatic rings. The molecule has 0 amide bonds. The van der Waals surface area contributed by atoms with Crippen LogP contribution in [0.25, 0.3) is 0 Å². The second kappa shape index (κ2) is 4.89. The molecule has 102 valence electrons. The molecule has 0 spiro atoms. The van der Waals surface area contributed by atoms with Gasteiger partial charge in [-0.2, -0.15) is 13.2 Å². The smallest absolute Gasteiger partial charge is 0.388 e. The van der Waals surface area contributed by atoms with Gasteiger partial charge in [-0.25, -0.2) is 9.97 Å². The number of anilines is 1. The van der Waals surface area contributed by atoms with Crippen LogP contribution in [0.4, 0.5) is 19.0 Å². The Kier molecular flexibility index (Phi) is 4.07. The molecule has 0 radical (unpaired) electrons. The zero-order valence-electron chi connectivity index (χ0n) is 10.0. The van der Waals surface area contributed by atoms with Crippen molar-refractivity contribution in [1.29, 1.82) is 0 Å². The number of aliphatic hydroxyl groups is 1. The number of aromatic nitrogens is 2. The monoisotopic (exact) mass is 283 g/mol. The van der Waals surface area contributed by atoms with Gasteiger partial charge in [0.05, 0.1) is 11.6 Å². The van der Waals surface area contributed by atoms with Gasteiger partial charge in [0, 0.05) is 6.20 Å². The normalized spacial score (nSPS) is 14.4. The van der Waals surface area contributed by atoms with Crippen molar-refractivity contribution in [3.8, 4) is 0 Å². The molecule has 0 saturated heterocycles. The van der Waals surface area contributed by atoms with Gasteiger partial charge in [0.1, 0.15) is 11.4 Å². The lowest BCUT2D eigenvalue weighted by molar-refractivity contribution is -0.137. The van der Waals surface area contributed by atoms with Crippen LogP contribution in [0.15, 0.2) is 6.20 Å². The molecule has 0 bridgehead atoms. The number of hydrogen-bond donors (Lipinski definition) is 2. The summed E-state index contributed by atoms with van der Waals surface area (Å²) >= 11 is 5.47. The maximum Gasteiger partial charge on any atom is 0.421 e. The van der Waals surface area contributed by atoms with E-state index in [0.717, 1.165) is 0 Å². The predicted molar refractivity (Wildman–Crippen MR) is 61.4 cm³/mol. The minimum absolute atomic E-state index is 0.298. The van der Waals surface area contributed by atoms with Gasteiger partial charge in [0.15, 0.2) is 0 Å². The number of hydrogen-bond acceptors (Lipinski definition) is 4. The molecule has 2 N–H and O–H groups in total. The number of nitrogens with zero attached hydrogens (tertiary/aromatic N) is 2. The molecule has 0 saturated carbocycles. The van der Waals surface area contributed by atoms with Gasteiger partial charge in [0.25, 0.3) is 0 Å². The molecule has 0 aliphatic carbocycles. The Hall–Kier alpha value is -1.08. The summed E-state index contributed by atoms with van der Waals surface area (Å²) in [5.74, 6) is -0.447. The van der Waals surface area contributed by atoms with Crippen LogP contribution in [0.5, 0.6) is 0 Å². The molecule has 0 aromatic carbocycles. The van der Waals surface area contributed by atoms with E-state index < -0.39 is 29.2 Å². The van der Waals surface area contributed by atoms with Crippen molar-refractivity contribution in [2.45, 2.75) is 38.6 Å². The zero-order valence-corrected chi connectivity index (χ0v) is 10.8. The minimum Gasteiger partial charge on any atom is -0.388 e. The Morgan fingerprint density at radius 3 is 2.39 bits per heavy atom. The third kappa shape index (κ3) is 3.71. The maximum atomic E-state index is 12.7. The summed E-state index contributed by atoms with van der Waals surface area (Å²) in [6.45, 7) is 4.48. The van der Waals surface area contributed by atoms with E-state index >= 15 is 0 Å². The number of halogens is 4. The molecule has 0 aliphatic rings. The standard InChI is InChI=1S/C10H13ClF3N3O/c1-5(9(2,3)18)16-7-6(10(12,13)14)4-15-8(11)17-7/h4-5,18H,1-3H3,(H,15,16,17). The first kappa shape index (κ1) is 15.0. The second-order valence-electron chi connectivity index (χ2n) is 4.42. The molecule has 1 unspecified atom stereocenters. The molecule has 1 aromatic heterocycles. The van der Waals surface area contributed by atoms with Crippen molar-refractivity contribution in [2.75, 3.05) is 5.32 Å². The van der Waals surface area contributed by atoms with Gasteiger partial charge in [-0.1, -0.05) is 0 Å². The van der Waals surface area contributed by atoms with Crippen LogP contribution in [-0.2, 0) is 6.18 Å². The first-order valence-electron chi connectivity index (χ1n) is 5.10. The highest BCUT2D eigenvalue weighted by molar-refractivity contribution is 6.28.